The quantitative estimate of drug-likeness (QED) is 0.165. The van der Waals surface area contributed by atoms with Crippen LogP contribution in [0.15, 0.2) is 24.3 Å². The zero-order valence-corrected chi connectivity index (χ0v) is 18.7. The maximum Gasteiger partial charge on any atom is 0.311 e. The van der Waals surface area contributed by atoms with E-state index in [0.29, 0.717) is 24.3 Å². The lowest BCUT2D eigenvalue weighted by Gasteiger charge is -2.10. The number of ether oxygens (including phenoxy) is 2. The molecule has 0 atom stereocenters. The van der Waals surface area contributed by atoms with Gasteiger partial charge in [-0.3, -0.25) is 9.59 Å². The van der Waals surface area contributed by atoms with Crippen molar-refractivity contribution in [2.24, 2.45) is 5.92 Å². The molecule has 0 N–H and O–H groups in total. The molecule has 29 heavy (non-hydrogen) atoms. The van der Waals surface area contributed by atoms with Crippen molar-refractivity contribution in [1.82, 2.24) is 0 Å². The molecule has 0 aliphatic heterocycles. The Hall–Kier alpha value is -1.84. The average Bonchev–Trinajstić information content (AvgIpc) is 2.68. The van der Waals surface area contributed by atoms with Gasteiger partial charge in [0.25, 0.3) is 0 Å². The lowest BCUT2D eigenvalue weighted by Crippen LogP contribution is -2.12. The summed E-state index contributed by atoms with van der Waals surface area (Å²) in [5.41, 5.74) is 0. The van der Waals surface area contributed by atoms with E-state index in [-0.39, 0.29) is 11.9 Å². The number of para-hydroxylation sites is 2. The second-order valence-corrected chi connectivity index (χ2v) is 8.26. The van der Waals surface area contributed by atoms with Crippen LogP contribution in [0.1, 0.15) is 104 Å². The number of hydrogen-bond acceptors (Lipinski definition) is 4. The van der Waals surface area contributed by atoms with Gasteiger partial charge in [-0.1, -0.05) is 90.7 Å². The average molecular weight is 405 g/mol. The number of unbranched alkanes of at least 4 members (excludes halogenated alkanes) is 8. The fraction of sp³-hybridized carbons (Fsp3) is 0.680. The maximum atomic E-state index is 12.1. The van der Waals surface area contributed by atoms with Crippen LogP contribution in [0.25, 0.3) is 0 Å². The normalized spacial score (nSPS) is 10.9. The molecule has 0 saturated carbocycles. The molecule has 0 radical (unpaired) electrons. The summed E-state index contributed by atoms with van der Waals surface area (Å²) in [6.07, 6.45) is 13.1. The van der Waals surface area contributed by atoms with Crippen LogP contribution in [0.5, 0.6) is 11.5 Å². The first kappa shape index (κ1) is 25.2. The van der Waals surface area contributed by atoms with Gasteiger partial charge in [-0.25, -0.2) is 0 Å². The van der Waals surface area contributed by atoms with Crippen molar-refractivity contribution in [2.75, 3.05) is 0 Å². The lowest BCUT2D eigenvalue weighted by molar-refractivity contribution is -0.137. The molecule has 164 valence electrons. The van der Waals surface area contributed by atoms with Crippen molar-refractivity contribution in [2.45, 2.75) is 104 Å². The molecule has 0 bridgehead atoms. The van der Waals surface area contributed by atoms with E-state index in [1.54, 1.807) is 24.3 Å². The first-order valence-electron chi connectivity index (χ1n) is 11.5. The van der Waals surface area contributed by atoms with E-state index in [1.807, 2.05) is 0 Å². The highest BCUT2D eigenvalue weighted by Crippen LogP contribution is 2.27. The maximum absolute atomic E-state index is 12.1. The van der Waals surface area contributed by atoms with Crippen molar-refractivity contribution in [3.05, 3.63) is 24.3 Å². The summed E-state index contributed by atoms with van der Waals surface area (Å²) in [6, 6.07) is 6.89. The standard InChI is InChI=1S/C25H40O4/c1-4-5-6-12-19-24(26)28-22-17-14-15-18-23(22)29-25(27)20-13-10-8-7-9-11-16-21(2)3/h14-15,17-18,21H,4-13,16,19-20H2,1-3H3. The Bertz CT molecular complexity index is 580. The Balaban J connectivity index is 2.27. The summed E-state index contributed by atoms with van der Waals surface area (Å²) in [6.45, 7) is 6.66. The van der Waals surface area contributed by atoms with E-state index in [4.69, 9.17) is 9.47 Å². The fourth-order valence-corrected chi connectivity index (χ4v) is 3.19. The van der Waals surface area contributed by atoms with Crippen molar-refractivity contribution in [3.63, 3.8) is 0 Å². The molecule has 4 heteroatoms. The number of carbonyl (C=O) groups is 2. The second kappa shape index (κ2) is 16.0. The Morgan fingerprint density at radius 3 is 1.66 bits per heavy atom. The van der Waals surface area contributed by atoms with Gasteiger partial charge < -0.3 is 9.47 Å². The minimum absolute atomic E-state index is 0.267. The smallest absolute Gasteiger partial charge is 0.311 e. The van der Waals surface area contributed by atoms with E-state index in [2.05, 4.69) is 20.8 Å². The molecule has 0 aliphatic carbocycles. The highest BCUT2D eigenvalue weighted by Gasteiger charge is 2.13. The second-order valence-electron chi connectivity index (χ2n) is 8.26. The number of hydrogen-bond donors (Lipinski definition) is 0. The molecule has 0 spiro atoms. The largest absolute Gasteiger partial charge is 0.423 e. The molecule has 1 rings (SSSR count). The summed E-state index contributed by atoms with van der Waals surface area (Å²) >= 11 is 0. The molecule has 0 amide bonds. The van der Waals surface area contributed by atoms with E-state index >= 15 is 0 Å². The van der Waals surface area contributed by atoms with E-state index < -0.39 is 0 Å². The van der Waals surface area contributed by atoms with Crippen LogP contribution in [0, 0.1) is 5.92 Å². The van der Waals surface area contributed by atoms with Crippen LogP contribution in [0.3, 0.4) is 0 Å². The van der Waals surface area contributed by atoms with Crippen molar-refractivity contribution < 1.29 is 19.1 Å². The number of benzene rings is 1. The predicted molar refractivity (Wildman–Crippen MR) is 118 cm³/mol. The Labute approximate surface area is 177 Å². The van der Waals surface area contributed by atoms with Crippen LogP contribution >= 0.6 is 0 Å². The molecule has 1 aromatic carbocycles. The predicted octanol–water partition coefficient (Wildman–Crippen LogP) is 7.24. The van der Waals surface area contributed by atoms with Gasteiger partial charge in [0.1, 0.15) is 0 Å². The summed E-state index contributed by atoms with van der Waals surface area (Å²) in [5, 5.41) is 0. The van der Waals surface area contributed by atoms with Crippen molar-refractivity contribution >= 4 is 11.9 Å². The summed E-state index contributed by atoms with van der Waals surface area (Å²) in [5.74, 6) is 0.894. The van der Waals surface area contributed by atoms with Gasteiger partial charge in [-0.15, -0.1) is 0 Å². The SMILES string of the molecule is CCCCCCC(=O)Oc1ccccc1OC(=O)CCCCCCCCC(C)C. The van der Waals surface area contributed by atoms with Crippen LogP contribution < -0.4 is 9.47 Å². The zero-order valence-electron chi connectivity index (χ0n) is 18.7. The monoisotopic (exact) mass is 404 g/mol. The highest BCUT2D eigenvalue weighted by molar-refractivity contribution is 5.76. The molecule has 0 heterocycles. The fourth-order valence-electron chi connectivity index (χ4n) is 3.19. The third kappa shape index (κ3) is 13.1. The third-order valence-corrected chi connectivity index (χ3v) is 4.94. The number of carbonyl (C=O) groups excluding carboxylic acids is 2. The first-order valence-corrected chi connectivity index (χ1v) is 11.5. The molecule has 0 aromatic heterocycles. The summed E-state index contributed by atoms with van der Waals surface area (Å²) in [4.78, 5) is 24.1. The van der Waals surface area contributed by atoms with E-state index in [0.717, 1.165) is 50.9 Å². The molecule has 0 aliphatic rings. The molecule has 1 aromatic rings. The summed E-state index contributed by atoms with van der Waals surface area (Å²) in [7, 11) is 0. The molecular formula is C25H40O4. The van der Waals surface area contributed by atoms with Gasteiger partial charge in [-0.2, -0.15) is 0 Å². The molecular weight excluding hydrogens is 364 g/mol. The molecule has 0 saturated heterocycles. The van der Waals surface area contributed by atoms with Crippen molar-refractivity contribution in [3.8, 4) is 11.5 Å². The topological polar surface area (TPSA) is 52.6 Å². The van der Waals surface area contributed by atoms with Gasteiger partial charge >= 0.3 is 11.9 Å². The highest BCUT2D eigenvalue weighted by atomic mass is 16.6. The molecule has 0 unspecified atom stereocenters. The third-order valence-electron chi connectivity index (χ3n) is 4.94. The Morgan fingerprint density at radius 2 is 1.17 bits per heavy atom. The van der Waals surface area contributed by atoms with Gasteiger partial charge in [0.2, 0.25) is 0 Å². The van der Waals surface area contributed by atoms with Crippen LogP contribution in [-0.4, -0.2) is 11.9 Å². The molecule has 0 fully saturated rings. The van der Waals surface area contributed by atoms with Crippen molar-refractivity contribution in [1.29, 1.82) is 0 Å². The van der Waals surface area contributed by atoms with Gasteiger partial charge in [0.15, 0.2) is 11.5 Å². The number of rotatable bonds is 16. The minimum atomic E-state index is -0.276. The lowest BCUT2D eigenvalue weighted by atomic mass is 10.0. The van der Waals surface area contributed by atoms with E-state index in [1.165, 1.54) is 25.7 Å². The van der Waals surface area contributed by atoms with Crippen LogP contribution in [0.2, 0.25) is 0 Å². The van der Waals surface area contributed by atoms with Gasteiger partial charge in [0, 0.05) is 12.8 Å². The zero-order chi connectivity index (χ0) is 21.3. The van der Waals surface area contributed by atoms with Gasteiger partial charge in [0.05, 0.1) is 0 Å². The molecule has 4 nitrogen and oxygen atoms in total. The van der Waals surface area contributed by atoms with Crippen LogP contribution in [0.4, 0.5) is 0 Å². The number of esters is 2. The Kier molecular flexibility index (Phi) is 13.9. The minimum Gasteiger partial charge on any atom is -0.423 e. The van der Waals surface area contributed by atoms with E-state index in [9.17, 15) is 9.59 Å². The van der Waals surface area contributed by atoms with Gasteiger partial charge in [-0.05, 0) is 30.9 Å². The Morgan fingerprint density at radius 1 is 0.724 bits per heavy atom. The summed E-state index contributed by atoms with van der Waals surface area (Å²) < 4.78 is 10.9. The van der Waals surface area contributed by atoms with Crippen LogP contribution in [-0.2, 0) is 9.59 Å². The first-order chi connectivity index (χ1) is 14.0.